The number of rotatable bonds is 7. The molecule has 0 bridgehead atoms. The number of nitrogen functional groups attached to an aromatic ring is 1. The number of anilines is 1. The van der Waals surface area contributed by atoms with E-state index in [1.54, 1.807) is 0 Å². The number of nitrogens with zero attached hydrogens (tertiary/aromatic N) is 4. The zero-order valence-corrected chi connectivity index (χ0v) is 18.3. The van der Waals surface area contributed by atoms with Gasteiger partial charge in [0.15, 0.2) is 0 Å². The standard InChI is InChI=1S/C22H28N5O3P/c23-21-20-19(17-4-1-3-15(9-17)5-8-31(28,29)30)13-27(22(20)25-14-24-21)18-10-16(11-18)12-26-6-2-7-26/h1,3-4,9,13-14,16,18H,2,5-8,10-12H2,(H2,23,24,25)(H2,28,29,30)/t16-,18+. The molecule has 9 heteroatoms. The predicted octanol–water partition coefficient (Wildman–Crippen LogP) is 3.06. The monoisotopic (exact) mass is 441 g/mol. The average Bonchev–Trinajstić information content (AvgIpc) is 3.04. The normalized spacial score (nSPS) is 21.7. The highest BCUT2D eigenvalue weighted by Crippen LogP contribution is 2.43. The minimum Gasteiger partial charge on any atom is -0.383 e. The zero-order valence-electron chi connectivity index (χ0n) is 17.4. The van der Waals surface area contributed by atoms with Crippen LogP contribution in [0.25, 0.3) is 22.2 Å². The number of aromatic nitrogens is 3. The van der Waals surface area contributed by atoms with Crippen molar-refractivity contribution in [1.82, 2.24) is 19.4 Å². The molecule has 0 unspecified atom stereocenters. The molecule has 2 aromatic heterocycles. The lowest BCUT2D eigenvalue weighted by atomic mass is 9.79. The molecule has 0 amide bonds. The molecule has 2 aliphatic rings. The van der Waals surface area contributed by atoms with Crippen LogP contribution in [-0.2, 0) is 11.0 Å². The van der Waals surface area contributed by atoms with Gasteiger partial charge in [0.1, 0.15) is 17.8 Å². The first-order chi connectivity index (χ1) is 14.9. The van der Waals surface area contributed by atoms with Gasteiger partial charge in [-0.15, -0.1) is 0 Å². The second-order valence-corrected chi connectivity index (χ2v) is 10.7. The van der Waals surface area contributed by atoms with Crippen molar-refractivity contribution < 1.29 is 14.4 Å². The van der Waals surface area contributed by atoms with E-state index in [1.807, 2.05) is 24.3 Å². The first kappa shape index (κ1) is 20.6. The van der Waals surface area contributed by atoms with Crippen molar-refractivity contribution in [1.29, 1.82) is 0 Å². The van der Waals surface area contributed by atoms with Crippen LogP contribution in [0.2, 0.25) is 0 Å². The van der Waals surface area contributed by atoms with Crippen molar-refractivity contribution in [3.05, 3.63) is 42.4 Å². The molecular weight excluding hydrogens is 413 g/mol. The van der Waals surface area contributed by atoms with Crippen molar-refractivity contribution in [3.8, 4) is 11.1 Å². The van der Waals surface area contributed by atoms with E-state index in [9.17, 15) is 14.4 Å². The summed E-state index contributed by atoms with van der Waals surface area (Å²) in [5, 5.41) is 0.848. The van der Waals surface area contributed by atoms with Gasteiger partial charge in [0, 0.05) is 24.3 Å². The highest BCUT2D eigenvalue weighted by molar-refractivity contribution is 7.51. The van der Waals surface area contributed by atoms with E-state index in [0.717, 1.165) is 46.5 Å². The van der Waals surface area contributed by atoms with Crippen molar-refractivity contribution in [2.24, 2.45) is 5.92 Å². The largest absolute Gasteiger partial charge is 0.383 e. The maximum absolute atomic E-state index is 11.3. The van der Waals surface area contributed by atoms with Gasteiger partial charge < -0.3 is 25.0 Å². The van der Waals surface area contributed by atoms with Crippen molar-refractivity contribution in [2.45, 2.75) is 31.7 Å². The minimum atomic E-state index is -4.03. The van der Waals surface area contributed by atoms with Crippen LogP contribution in [0.5, 0.6) is 0 Å². The molecule has 2 fully saturated rings. The lowest BCUT2D eigenvalue weighted by Gasteiger charge is -2.42. The Labute approximate surface area is 181 Å². The van der Waals surface area contributed by atoms with Crippen LogP contribution in [0.1, 0.15) is 30.9 Å². The third kappa shape index (κ3) is 4.26. The Kier molecular flexibility index (Phi) is 5.34. The van der Waals surface area contributed by atoms with Crippen LogP contribution < -0.4 is 5.73 Å². The highest BCUT2D eigenvalue weighted by Gasteiger charge is 2.34. The molecule has 4 N–H and O–H groups in total. The van der Waals surface area contributed by atoms with E-state index >= 15 is 0 Å². The number of aryl methyl sites for hydroxylation is 1. The van der Waals surface area contributed by atoms with E-state index in [1.165, 1.54) is 32.4 Å². The van der Waals surface area contributed by atoms with Crippen LogP contribution in [0, 0.1) is 5.92 Å². The maximum atomic E-state index is 11.3. The molecule has 5 rings (SSSR count). The fourth-order valence-corrected chi connectivity index (χ4v) is 5.33. The number of fused-ring (bicyclic) bond motifs is 1. The van der Waals surface area contributed by atoms with Crippen LogP contribution in [0.4, 0.5) is 5.82 Å². The van der Waals surface area contributed by atoms with E-state index in [-0.39, 0.29) is 6.16 Å². The Balaban J connectivity index is 1.44. The van der Waals surface area contributed by atoms with Gasteiger partial charge in [-0.1, -0.05) is 24.3 Å². The average molecular weight is 441 g/mol. The Bertz CT molecular complexity index is 1150. The Hall–Kier alpha value is -2.25. The molecule has 0 radical (unpaired) electrons. The van der Waals surface area contributed by atoms with E-state index in [0.29, 0.717) is 18.3 Å². The number of benzene rings is 1. The van der Waals surface area contributed by atoms with Gasteiger partial charge in [-0.05, 0) is 55.8 Å². The van der Waals surface area contributed by atoms with E-state index in [2.05, 4.69) is 25.6 Å². The molecule has 1 aromatic carbocycles. The third-order valence-corrected chi connectivity index (χ3v) is 7.44. The molecule has 3 aromatic rings. The number of hydrogen-bond donors (Lipinski definition) is 3. The molecule has 0 spiro atoms. The van der Waals surface area contributed by atoms with Gasteiger partial charge in [0.2, 0.25) is 0 Å². The molecule has 3 heterocycles. The molecule has 1 aliphatic carbocycles. The maximum Gasteiger partial charge on any atom is 0.325 e. The second kappa shape index (κ2) is 8.02. The van der Waals surface area contributed by atoms with Crippen LogP contribution in [-0.4, -0.2) is 55.0 Å². The number of hydrogen-bond acceptors (Lipinski definition) is 5. The van der Waals surface area contributed by atoms with Crippen LogP contribution in [0.15, 0.2) is 36.8 Å². The van der Waals surface area contributed by atoms with Crippen molar-refractivity contribution in [3.63, 3.8) is 0 Å². The van der Waals surface area contributed by atoms with Gasteiger partial charge in [0.05, 0.1) is 11.5 Å². The Morgan fingerprint density at radius 1 is 1.19 bits per heavy atom. The summed E-state index contributed by atoms with van der Waals surface area (Å²) in [5.41, 5.74) is 9.94. The van der Waals surface area contributed by atoms with Crippen LogP contribution >= 0.6 is 7.60 Å². The van der Waals surface area contributed by atoms with Crippen LogP contribution in [0.3, 0.4) is 0 Å². The van der Waals surface area contributed by atoms with Gasteiger partial charge >= 0.3 is 7.60 Å². The predicted molar refractivity (Wildman–Crippen MR) is 121 cm³/mol. The van der Waals surface area contributed by atoms with Crippen molar-refractivity contribution in [2.75, 3.05) is 31.5 Å². The minimum absolute atomic E-state index is 0.163. The fourth-order valence-electron chi connectivity index (χ4n) is 4.78. The first-order valence-corrected chi connectivity index (χ1v) is 12.6. The van der Waals surface area contributed by atoms with Crippen molar-refractivity contribution >= 4 is 24.4 Å². The summed E-state index contributed by atoms with van der Waals surface area (Å²) in [6, 6.07) is 8.20. The van der Waals surface area contributed by atoms with Gasteiger partial charge in [-0.25, -0.2) is 9.97 Å². The molecule has 1 saturated carbocycles. The summed E-state index contributed by atoms with van der Waals surface area (Å²) in [6.45, 7) is 3.67. The highest BCUT2D eigenvalue weighted by atomic mass is 31.2. The lowest BCUT2D eigenvalue weighted by molar-refractivity contribution is 0.0921. The topological polar surface area (TPSA) is 118 Å². The molecule has 8 nitrogen and oxygen atoms in total. The summed E-state index contributed by atoms with van der Waals surface area (Å²) in [4.78, 5) is 29.7. The molecular formula is C22H28N5O3P. The Morgan fingerprint density at radius 2 is 2.00 bits per heavy atom. The smallest absolute Gasteiger partial charge is 0.325 e. The summed E-state index contributed by atoms with van der Waals surface area (Å²) >= 11 is 0. The van der Waals surface area contributed by atoms with Gasteiger partial charge in [-0.2, -0.15) is 0 Å². The lowest BCUT2D eigenvalue weighted by Crippen LogP contribution is -2.43. The summed E-state index contributed by atoms with van der Waals surface area (Å²) in [7, 11) is -4.03. The molecule has 164 valence electrons. The van der Waals surface area contributed by atoms with E-state index < -0.39 is 7.60 Å². The molecule has 1 saturated heterocycles. The zero-order chi connectivity index (χ0) is 21.6. The van der Waals surface area contributed by atoms with E-state index in [4.69, 9.17) is 5.73 Å². The van der Waals surface area contributed by atoms with Gasteiger partial charge in [-0.3, -0.25) is 4.57 Å². The summed E-state index contributed by atoms with van der Waals surface area (Å²) in [6.07, 6.45) is 7.42. The third-order valence-electron chi connectivity index (χ3n) is 6.64. The fraction of sp³-hybridized carbons (Fsp3) is 0.455. The van der Waals surface area contributed by atoms with Gasteiger partial charge in [0.25, 0.3) is 0 Å². The molecule has 31 heavy (non-hydrogen) atoms. The molecule has 1 aliphatic heterocycles. The first-order valence-electron chi connectivity index (χ1n) is 10.8. The number of nitrogens with two attached hydrogens (primary N) is 1. The second-order valence-electron chi connectivity index (χ2n) is 8.89. The molecule has 0 atom stereocenters. The Morgan fingerprint density at radius 3 is 2.71 bits per heavy atom. The SMILES string of the molecule is Nc1ncnc2c1c(-c1cccc(CCP(=O)(O)O)c1)cn2[C@H]1C[C@@H](CN2CCC2)C1. The summed E-state index contributed by atoms with van der Waals surface area (Å²) in [5.74, 6) is 1.19. The number of likely N-dealkylation sites (tertiary alicyclic amines) is 1. The summed E-state index contributed by atoms with van der Waals surface area (Å²) < 4.78 is 13.5. The quantitative estimate of drug-likeness (QED) is 0.482.